The van der Waals surface area contributed by atoms with E-state index in [-0.39, 0.29) is 5.41 Å². The van der Waals surface area contributed by atoms with Crippen molar-refractivity contribution >= 4 is 5.97 Å². The predicted octanol–water partition coefficient (Wildman–Crippen LogP) is 2.19. The molecular formula is C12H21NO2. The van der Waals surface area contributed by atoms with Gasteiger partial charge < -0.3 is 10.4 Å². The van der Waals surface area contributed by atoms with Gasteiger partial charge in [-0.1, -0.05) is 25.3 Å². The Morgan fingerprint density at radius 2 is 2.07 bits per heavy atom. The minimum atomic E-state index is -0.669. The second kappa shape index (κ2) is 5.91. The van der Waals surface area contributed by atoms with Gasteiger partial charge in [0.25, 0.3) is 0 Å². The van der Waals surface area contributed by atoms with Gasteiger partial charge in [-0.15, -0.1) is 6.58 Å². The van der Waals surface area contributed by atoms with E-state index in [4.69, 9.17) is 5.11 Å². The first-order valence-electron chi connectivity index (χ1n) is 5.72. The first-order valence-corrected chi connectivity index (χ1v) is 5.72. The molecule has 0 radical (unpaired) electrons. The number of carboxylic acid groups (broad SMARTS) is 1. The van der Waals surface area contributed by atoms with Crippen molar-refractivity contribution in [3.05, 3.63) is 12.7 Å². The molecular weight excluding hydrogens is 190 g/mol. The highest BCUT2D eigenvalue weighted by atomic mass is 16.4. The van der Waals surface area contributed by atoms with Crippen LogP contribution in [0.4, 0.5) is 0 Å². The summed E-state index contributed by atoms with van der Waals surface area (Å²) < 4.78 is 0. The standard InChI is InChI=1S/C12H21NO2/c1-2-8-13-10-12(9-11(14)15)6-4-3-5-7-12/h2,13H,1,3-10H2,(H,14,15). The molecule has 0 aromatic rings. The maximum atomic E-state index is 10.9. The van der Waals surface area contributed by atoms with E-state index in [2.05, 4.69) is 11.9 Å². The molecule has 1 rings (SSSR count). The van der Waals surface area contributed by atoms with Gasteiger partial charge >= 0.3 is 5.97 Å². The van der Waals surface area contributed by atoms with Crippen LogP contribution in [0.25, 0.3) is 0 Å². The van der Waals surface area contributed by atoms with E-state index >= 15 is 0 Å². The van der Waals surface area contributed by atoms with Gasteiger partial charge in [0.05, 0.1) is 6.42 Å². The fraction of sp³-hybridized carbons (Fsp3) is 0.750. The highest BCUT2D eigenvalue weighted by Crippen LogP contribution is 2.38. The van der Waals surface area contributed by atoms with Gasteiger partial charge in [0.1, 0.15) is 0 Å². The van der Waals surface area contributed by atoms with Crippen molar-refractivity contribution in [1.29, 1.82) is 0 Å². The lowest BCUT2D eigenvalue weighted by atomic mass is 9.72. The number of carbonyl (C=O) groups is 1. The molecule has 1 saturated carbocycles. The molecule has 0 aliphatic heterocycles. The van der Waals surface area contributed by atoms with Gasteiger partial charge in [-0.25, -0.2) is 0 Å². The number of nitrogens with one attached hydrogen (secondary N) is 1. The zero-order valence-electron chi connectivity index (χ0n) is 9.30. The molecule has 1 fully saturated rings. The van der Waals surface area contributed by atoms with E-state index in [1.807, 2.05) is 6.08 Å². The zero-order chi connectivity index (χ0) is 11.1. The van der Waals surface area contributed by atoms with Gasteiger partial charge in [0, 0.05) is 13.1 Å². The Hall–Kier alpha value is -0.830. The lowest BCUT2D eigenvalue weighted by molar-refractivity contribution is -0.140. The Morgan fingerprint density at radius 3 is 2.60 bits per heavy atom. The third-order valence-electron chi connectivity index (χ3n) is 3.23. The summed E-state index contributed by atoms with van der Waals surface area (Å²) in [5, 5.41) is 12.2. The highest BCUT2D eigenvalue weighted by molar-refractivity contribution is 5.67. The maximum absolute atomic E-state index is 10.9. The van der Waals surface area contributed by atoms with Crippen molar-refractivity contribution in [2.45, 2.75) is 38.5 Å². The van der Waals surface area contributed by atoms with Crippen LogP contribution in [0.5, 0.6) is 0 Å². The maximum Gasteiger partial charge on any atom is 0.303 e. The summed E-state index contributed by atoms with van der Waals surface area (Å²) >= 11 is 0. The number of hydrogen-bond acceptors (Lipinski definition) is 2. The normalized spacial score (nSPS) is 19.7. The molecule has 0 atom stereocenters. The zero-order valence-corrected chi connectivity index (χ0v) is 9.30. The van der Waals surface area contributed by atoms with Crippen LogP contribution in [-0.2, 0) is 4.79 Å². The average molecular weight is 211 g/mol. The van der Waals surface area contributed by atoms with E-state index in [9.17, 15) is 4.79 Å². The van der Waals surface area contributed by atoms with Crippen molar-refractivity contribution in [2.75, 3.05) is 13.1 Å². The van der Waals surface area contributed by atoms with E-state index in [1.54, 1.807) is 0 Å². The number of rotatable bonds is 6. The van der Waals surface area contributed by atoms with Gasteiger partial charge in [0.15, 0.2) is 0 Å². The highest BCUT2D eigenvalue weighted by Gasteiger charge is 2.33. The third kappa shape index (κ3) is 4.04. The largest absolute Gasteiger partial charge is 0.481 e. The molecule has 86 valence electrons. The second-order valence-corrected chi connectivity index (χ2v) is 4.55. The van der Waals surface area contributed by atoms with Crippen molar-refractivity contribution < 1.29 is 9.90 Å². The fourth-order valence-corrected chi connectivity index (χ4v) is 2.48. The van der Waals surface area contributed by atoms with Gasteiger partial charge in [-0.3, -0.25) is 4.79 Å². The van der Waals surface area contributed by atoms with Crippen LogP contribution in [-0.4, -0.2) is 24.2 Å². The molecule has 15 heavy (non-hydrogen) atoms. The van der Waals surface area contributed by atoms with Crippen LogP contribution in [0.15, 0.2) is 12.7 Å². The quantitative estimate of drug-likeness (QED) is 0.523. The molecule has 0 aromatic heterocycles. The molecule has 0 bridgehead atoms. The van der Waals surface area contributed by atoms with Crippen LogP contribution < -0.4 is 5.32 Å². The lowest BCUT2D eigenvalue weighted by Gasteiger charge is -2.36. The van der Waals surface area contributed by atoms with E-state index in [1.165, 1.54) is 19.3 Å². The van der Waals surface area contributed by atoms with Crippen molar-refractivity contribution in [1.82, 2.24) is 5.32 Å². The van der Waals surface area contributed by atoms with Crippen LogP contribution in [0.2, 0.25) is 0 Å². The molecule has 0 unspecified atom stereocenters. The van der Waals surface area contributed by atoms with Crippen molar-refractivity contribution in [3.63, 3.8) is 0 Å². The molecule has 3 nitrogen and oxygen atoms in total. The molecule has 1 aliphatic carbocycles. The van der Waals surface area contributed by atoms with Crippen LogP contribution >= 0.6 is 0 Å². The summed E-state index contributed by atoms with van der Waals surface area (Å²) in [6.45, 7) is 5.22. The van der Waals surface area contributed by atoms with E-state index in [0.717, 1.165) is 25.9 Å². The second-order valence-electron chi connectivity index (χ2n) is 4.55. The average Bonchev–Trinajstić information content (AvgIpc) is 2.18. The van der Waals surface area contributed by atoms with Gasteiger partial charge in [-0.2, -0.15) is 0 Å². The number of aliphatic carboxylic acids is 1. The van der Waals surface area contributed by atoms with Crippen molar-refractivity contribution in [3.8, 4) is 0 Å². The topological polar surface area (TPSA) is 49.3 Å². The SMILES string of the molecule is C=CCNCC1(CC(=O)O)CCCCC1. The fourth-order valence-electron chi connectivity index (χ4n) is 2.48. The Bertz CT molecular complexity index is 220. The van der Waals surface area contributed by atoms with Crippen molar-refractivity contribution in [2.24, 2.45) is 5.41 Å². The number of hydrogen-bond donors (Lipinski definition) is 2. The molecule has 0 saturated heterocycles. The third-order valence-corrected chi connectivity index (χ3v) is 3.23. The molecule has 2 N–H and O–H groups in total. The molecule has 0 aromatic carbocycles. The summed E-state index contributed by atoms with van der Waals surface area (Å²) in [6.07, 6.45) is 7.80. The minimum absolute atomic E-state index is 0.00685. The van der Waals surface area contributed by atoms with Crippen LogP contribution in [0.1, 0.15) is 38.5 Å². The molecule has 0 spiro atoms. The Kier molecular flexibility index (Phi) is 4.82. The Balaban J connectivity index is 2.49. The molecule has 3 heteroatoms. The van der Waals surface area contributed by atoms with Crippen LogP contribution in [0, 0.1) is 5.41 Å². The monoisotopic (exact) mass is 211 g/mol. The van der Waals surface area contributed by atoms with Crippen LogP contribution in [0.3, 0.4) is 0 Å². The lowest BCUT2D eigenvalue weighted by Crippen LogP contribution is -2.38. The summed E-state index contributed by atoms with van der Waals surface area (Å²) in [4.78, 5) is 10.9. The molecule has 0 amide bonds. The summed E-state index contributed by atoms with van der Waals surface area (Å²) in [5.41, 5.74) is -0.00685. The summed E-state index contributed by atoms with van der Waals surface area (Å²) in [6, 6.07) is 0. The summed E-state index contributed by atoms with van der Waals surface area (Å²) in [5.74, 6) is -0.669. The Morgan fingerprint density at radius 1 is 1.40 bits per heavy atom. The minimum Gasteiger partial charge on any atom is -0.481 e. The predicted molar refractivity (Wildman–Crippen MR) is 60.8 cm³/mol. The van der Waals surface area contributed by atoms with Gasteiger partial charge in [0.2, 0.25) is 0 Å². The first-order chi connectivity index (χ1) is 7.18. The summed E-state index contributed by atoms with van der Waals surface area (Å²) in [7, 11) is 0. The smallest absolute Gasteiger partial charge is 0.303 e. The Labute approximate surface area is 91.6 Å². The molecule has 0 heterocycles. The van der Waals surface area contributed by atoms with E-state index in [0.29, 0.717) is 6.42 Å². The first kappa shape index (κ1) is 12.2. The van der Waals surface area contributed by atoms with Gasteiger partial charge in [-0.05, 0) is 18.3 Å². The number of carboxylic acids is 1. The van der Waals surface area contributed by atoms with E-state index < -0.39 is 5.97 Å². The molecule has 1 aliphatic rings.